The predicted octanol–water partition coefficient (Wildman–Crippen LogP) is 4.76. The second-order valence-electron chi connectivity index (χ2n) is 6.00. The van der Waals surface area contributed by atoms with E-state index in [0.29, 0.717) is 5.56 Å². The van der Waals surface area contributed by atoms with Crippen LogP contribution in [0, 0.1) is 47.4 Å². The van der Waals surface area contributed by atoms with Crippen LogP contribution >= 0.6 is 0 Å². The molecule has 2 aromatic rings. The second-order valence-corrected chi connectivity index (χ2v) is 6.00. The van der Waals surface area contributed by atoms with Crippen LogP contribution < -0.4 is 0 Å². The monoisotopic (exact) mass is 286 g/mol. The third-order valence-electron chi connectivity index (χ3n) is 4.71. The minimum atomic E-state index is -0.794. The Balaban J connectivity index is 2.66. The molecule has 1 N–H and O–H groups in total. The summed E-state index contributed by atoms with van der Waals surface area (Å²) in [5.41, 5.74) is 8.16. The van der Waals surface area contributed by atoms with Crippen molar-refractivity contribution in [2.75, 3.05) is 0 Å². The van der Waals surface area contributed by atoms with Gasteiger partial charge in [0.15, 0.2) is 0 Å². The van der Waals surface area contributed by atoms with Gasteiger partial charge < -0.3 is 5.11 Å². The summed E-state index contributed by atoms with van der Waals surface area (Å²) in [6, 6.07) is 4.74. The summed E-state index contributed by atoms with van der Waals surface area (Å²) in [7, 11) is 0. The van der Waals surface area contributed by atoms with E-state index in [0.717, 1.165) is 22.3 Å². The molecular formula is C19H23FO. The van der Waals surface area contributed by atoms with Crippen LogP contribution in [0.15, 0.2) is 18.2 Å². The summed E-state index contributed by atoms with van der Waals surface area (Å²) in [5.74, 6) is -0.306. The maximum Gasteiger partial charge on any atom is 0.123 e. The van der Waals surface area contributed by atoms with Crippen molar-refractivity contribution in [3.05, 3.63) is 68.5 Å². The van der Waals surface area contributed by atoms with Gasteiger partial charge in [0.25, 0.3) is 0 Å². The summed E-state index contributed by atoms with van der Waals surface area (Å²) in [6.45, 7) is 12.1. The number of benzene rings is 2. The van der Waals surface area contributed by atoms with Crippen molar-refractivity contribution in [1.82, 2.24) is 0 Å². The lowest BCUT2D eigenvalue weighted by Gasteiger charge is -2.23. The molecule has 0 amide bonds. The van der Waals surface area contributed by atoms with Crippen molar-refractivity contribution in [2.24, 2.45) is 0 Å². The maximum atomic E-state index is 13.6. The van der Waals surface area contributed by atoms with Crippen molar-refractivity contribution in [3.8, 4) is 0 Å². The van der Waals surface area contributed by atoms with Crippen molar-refractivity contribution in [1.29, 1.82) is 0 Å². The number of aliphatic hydroxyl groups is 1. The van der Waals surface area contributed by atoms with E-state index < -0.39 is 6.10 Å². The third kappa shape index (κ3) is 2.73. The lowest BCUT2D eigenvalue weighted by atomic mass is 9.85. The predicted molar refractivity (Wildman–Crippen MR) is 85.3 cm³/mol. The first-order valence-corrected chi connectivity index (χ1v) is 7.26. The van der Waals surface area contributed by atoms with Crippen molar-refractivity contribution in [2.45, 2.75) is 47.6 Å². The summed E-state index contributed by atoms with van der Waals surface area (Å²) >= 11 is 0. The molecule has 0 aliphatic carbocycles. The lowest BCUT2D eigenvalue weighted by Crippen LogP contribution is -2.09. The zero-order valence-electron chi connectivity index (χ0n) is 13.6. The van der Waals surface area contributed by atoms with Crippen molar-refractivity contribution in [3.63, 3.8) is 0 Å². The summed E-state index contributed by atoms with van der Waals surface area (Å²) in [5, 5.41) is 10.8. The molecule has 112 valence electrons. The number of hydrogen-bond donors (Lipinski definition) is 1. The van der Waals surface area contributed by atoms with E-state index in [1.807, 2.05) is 26.8 Å². The highest BCUT2D eigenvalue weighted by Crippen LogP contribution is 2.34. The average molecular weight is 286 g/mol. The number of aliphatic hydroxyl groups excluding tert-OH is 1. The fourth-order valence-corrected chi connectivity index (χ4v) is 3.03. The van der Waals surface area contributed by atoms with E-state index in [1.54, 1.807) is 0 Å². The molecular weight excluding hydrogens is 263 g/mol. The van der Waals surface area contributed by atoms with Gasteiger partial charge in [-0.05, 0) is 98.2 Å². The summed E-state index contributed by atoms with van der Waals surface area (Å²) in [6.07, 6.45) is -0.794. The van der Waals surface area contributed by atoms with E-state index in [9.17, 15) is 9.50 Å². The third-order valence-corrected chi connectivity index (χ3v) is 4.71. The molecule has 0 saturated carbocycles. The van der Waals surface area contributed by atoms with Gasteiger partial charge in [0.05, 0.1) is 0 Å². The molecule has 0 saturated heterocycles. The molecule has 2 aromatic carbocycles. The van der Waals surface area contributed by atoms with Crippen LogP contribution in [0.25, 0.3) is 0 Å². The summed E-state index contributed by atoms with van der Waals surface area (Å²) in [4.78, 5) is 0. The van der Waals surface area contributed by atoms with Crippen LogP contribution in [-0.4, -0.2) is 5.11 Å². The molecule has 0 bridgehead atoms. The first kappa shape index (κ1) is 15.7. The average Bonchev–Trinajstić information content (AvgIpc) is 2.42. The van der Waals surface area contributed by atoms with Gasteiger partial charge in [0, 0.05) is 0 Å². The zero-order valence-corrected chi connectivity index (χ0v) is 13.6. The first-order chi connectivity index (χ1) is 9.73. The molecule has 0 heterocycles. The molecule has 0 radical (unpaired) electrons. The molecule has 0 aliphatic heterocycles. The van der Waals surface area contributed by atoms with Crippen molar-refractivity contribution < 1.29 is 9.50 Å². The van der Waals surface area contributed by atoms with Crippen LogP contribution in [0.3, 0.4) is 0 Å². The molecule has 1 atom stereocenters. The highest BCUT2D eigenvalue weighted by molar-refractivity contribution is 5.52. The van der Waals surface area contributed by atoms with E-state index in [2.05, 4.69) is 20.8 Å². The molecule has 1 nitrogen and oxygen atoms in total. The first-order valence-electron chi connectivity index (χ1n) is 7.26. The zero-order chi connectivity index (χ0) is 15.9. The minimum absolute atomic E-state index is 0.306. The Hall–Kier alpha value is -1.67. The van der Waals surface area contributed by atoms with E-state index in [4.69, 9.17) is 0 Å². The van der Waals surface area contributed by atoms with E-state index >= 15 is 0 Å². The van der Waals surface area contributed by atoms with Gasteiger partial charge >= 0.3 is 0 Å². The topological polar surface area (TPSA) is 20.2 Å². The summed E-state index contributed by atoms with van der Waals surface area (Å²) < 4.78 is 13.6. The van der Waals surface area contributed by atoms with Crippen LogP contribution in [0.2, 0.25) is 0 Å². The second kappa shape index (κ2) is 5.61. The number of halogens is 1. The molecule has 0 fully saturated rings. The normalized spacial score (nSPS) is 12.6. The van der Waals surface area contributed by atoms with Crippen LogP contribution in [-0.2, 0) is 0 Å². The van der Waals surface area contributed by atoms with Crippen LogP contribution in [0.1, 0.15) is 50.6 Å². The number of hydrogen-bond acceptors (Lipinski definition) is 1. The van der Waals surface area contributed by atoms with Gasteiger partial charge in [0.2, 0.25) is 0 Å². The SMILES string of the molecule is Cc1cc(F)cc(C(O)c2c(C)c(C)c(C)c(C)c2C)c1. The maximum absolute atomic E-state index is 13.6. The largest absolute Gasteiger partial charge is 0.384 e. The highest BCUT2D eigenvalue weighted by atomic mass is 19.1. The van der Waals surface area contributed by atoms with Gasteiger partial charge in [-0.25, -0.2) is 4.39 Å². The van der Waals surface area contributed by atoms with Gasteiger partial charge in [0.1, 0.15) is 11.9 Å². The Morgan fingerprint density at radius 3 is 1.71 bits per heavy atom. The fraction of sp³-hybridized carbons (Fsp3) is 0.368. The van der Waals surface area contributed by atoms with Crippen LogP contribution in [0.5, 0.6) is 0 Å². The van der Waals surface area contributed by atoms with Gasteiger partial charge in [-0.1, -0.05) is 6.07 Å². The lowest BCUT2D eigenvalue weighted by molar-refractivity contribution is 0.218. The number of rotatable bonds is 2. The Bertz CT molecular complexity index is 652. The minimum Gasteiger partial charge on any atom is -0.384 e. The van der Waals surface area contributed by atoms with E-state index in [-0.39, 0.29) is 5.82 Å². The Kier molecular flexibility index (Phi) is 4.20. The smallest absolute Gasteiger partial charge is 0.123 e. The standard InChI is InChI=1S/C19H23FO/c1-10-7-16(9-17(20)8-10)19(21)18-14(5)12(3)11(2)13(4)15(18)6/h7-9,19,21H,1-6H3. The Morgan fingerprint density at radius 1 is 0.762 bits per heavy atom. The molecule has 1 unspecified atom stereocenters. The fourth-order valence-electron chi connectivity index (χ4n) is 3.03. The van der Waals surface area contributed by atoms with Gasteiger partial charge in [-0.3, -0.25) is 0 Å². The van der Waals surface area contributed by atoms with Gasteiger partial charge in [-0.15, -0.1) is 0 Å². The molecule has 0 spiro atoms. The number of aryl methyl sites for hydroxylation is 1. The van der Waals surface area contributed by atoms with E-state index in [1.165, 1.54) is 28.8 Å². The highest BCUT2D eigenvalue weighted by Gasteiger charge is 2.20. The Labute approximate surface area is 126 Å². The van der Waals surface area contributed by atoms with Gasteiger partial charge in [-0.2, -0.15) is 0 Å². The molecule has 2 heteroatoms. The molecule has 2 rings (SSSR count). The molecule has 0 aromatic heterocycles. The molecule has 0 aliphatic rings. The Morgan fingerprint density at radius 2 is 1.24 bits per heavy atom. The quantitative estimate of drug-likeness (QED) is 0.844. The van der Waals surface area contributed by atoms with Crippen LogP contribution in [0.4, 0.5) is 4.39 Å². The molecule has 21 heavy (non-hydrogen) atoms. The van der Waals surface area contributed by atoms with Crippen molar-refractivity contribution >= 4 is 0 Å².